The van der Waals surface area contributed by atoms with Gasteiger partial charge in [-0.2, -0.15) is 10.2 Å². The largest absolute Gasteiger partial charge is 0.303 e. The van der Waals surface area contributed by atoms with Gasteiger partial charge in [0.05, 0.1) is 11.3 Å². The minimum absolute atomic E-state index is 0.332. The Balaban J connectivity index is 2.20. The Kier molecular flexibility index (Phi) is 2.99. The molecule has 0 radical (unpaired) electrons. The molecule has 0 saturated carbocycles. The first-order valence-corrected chi connectivity index (χ1v) is 6.20. The Bertz CT molecular complexity index is 863. The maximum Gasteiger partial charge on any atom is 0.275 e. The normalized spacial score (nSPS) is 10.7. The van der Waals surface area contributed by atoms with E-state index in [1.807, 2.05) is 18.2 Å². The quantitative estimate of drug-likeness (QED) is 0.692. The number of nitrogens with one attached hydrogen (secondary N) is 2. The highest BCUT2D eigenvalue weighted by Crippen LogP contribution is 2.17. The van der Waals surface area contributed by atoms with Crippen LogP contribution in [-0.2, 0) is 7.05 Å². The molecule has 0 aliphatic heterocycles. The number of hydrogen-bond acceptors (Lipinski definition) is 5. The van der Waals surface area contributed by atoms with Crippen molar-refractivity contribution in [2.45, 2.75) is 0 Å². The Labute approximate surface area is 118 Å². The second-order valence-electron chi connectivity index (χ2n) is 4.12. The number of pyridine rings is 1. The third kappa shape index (κ3) is 2.05. The molecule has 0 fully saturated rings. The van der Waals surface area contributed by atoms with Crippen LogP contribution < -0.4 is 5.56 Å². The van der Waals surface area contributed by atoms with E-state index in [9.17, 15) is 4.79 Å². The first-order valence-electron chi connectivity index (χ1n) is 5.79. The zero-order chi connectivity index (χ0) is 14.1. The zero-order valence-corrected chi connectivity index (χ0v) is 11.3. The number of H-pyrrole nitrogens is 2. The summed E-state index contributed by atoms with van der Waals surface area (Å²) in [6.07, 6.45) is 1.66. The monoisotopic (exact) mass is 286 g/mol. The summed E-state index contributed by atoms with van der Waals surface area (Å²) >= 11 is 5.05. The molecule has 0 aliphatic rings. The minimum atomic E-state index is -0.332. The van der Waals surface area contributed by atoms with Crippen LogP contribution in [0.1, 0.15) is 0 Å². The van der Waals surface area contributed by atoms with E-state index >= 15 is 0 Å². The molecule has 3 aromatic rings. The predicted molar refractivity (Wildman–Crippen MR) is 75.5 cm³/mol. The maximum atomic E-state index is 11.9. The highest BCUT2D eigenvalue weighted by atomic mass is 32.1. The fourth-order valence-corrected chi connectivity index (χ4v) is 1.94. The van der Waals surface area contributed by atoms with Gasteiger partial charge in [-0.05, 0) is 30.4 Å². The molecule has 3 aromatic heterocycles. The molecule has 8 heteroatoms. The second-order valence-corrected chi connectivity index (χ2v) is 4.51. The van der Waals surface area contributed by atoms with Gasteiger partial charge in [-0.1, -0.05) is 6.07 Å². The highest BCUT2D eigenvalue weighted by molar-refractivity contribution is 7.71. The van der Waals surface area contributed by atoms with Gasteiger partial charge in [0, 0.05) is 13.2 Å². The van der Waals surface area contributed by atoms with Crippen molar-refractivity contribution < 1.29 is 0 Å². The minimum Gasteiger partial charge on any atom is -0.303 e. The van der Waals surface area contributed by atoms with Crippen LogP contribution in [0.3, 0.4) is 0 Å². The Morgan fingerprint density at radius 2 is 2.05 bits per heavy atom. The van der Waals surface area contributed by atoms with Crippen molar-refractivity contribution in [1.29, 1.82) is 0 Å². The van der Waals surface area contributed by atoms with Gasteiger partial charge in [-0.3, -0.25) is 14.9 Å². The van der Waals surface area contributed by atoms with Gasteiger partial charge in [0.1, 0.15) is 5.69 Å². The summed E-state index contributed by atoms with van der Waals surface area (Å²) in [6.45, 7) is 0. The van der Waals surface area contributed by atoms with Crippen LogP contribution in [0.5, 0.6) is 0 Å². The average molecular weight is 286 g/mol. The van der Waals surface area contributed by atoms with Gasteiger partial charge in [-0.15, -0.1) is 0 Å². The average Bonchev–Trinajstić information content (AvgIpc) is 2.81. The van der Waals surface area contributed by atoms with Gasteiger partial charge >= 0.3 is 0 Å². The summed E-state index contributed by atoms with van der Waals surface area (Å²) in [6, 6.07) is 7.12. The van der Waals surface area contributed by atoms with Gasteiger partial charge in [0.15, 0.2) is 10.6 Å². The van der Waals surface area contributed by atoms with Crippen molar-refractivity contribution in [2.75, 3.05) is 0 Å². The van der Waals surface area contributed by atoms with Crippen molar-refractivity contribution >= 4 is 12.2 Å². The molecule has 0 amide bonds. The summed E-state index contributed by atoms with van der Waals surface area (Å²) in [7, 11) is 1.74. The number of hydrogen-bond donors (Lipinski definition) is 2. The molecule has 7 nitrogen and oxygen atoms in total. The van der Waals surface area contributed by atoms with Crippen LogP contribution >= 0.6 is 12.2 Å². The molecule has 3 heterocycles. The number of nitrogens with zero attached hydrogens (tertiary/aromatic N) is 4. The van der Waals surface area contributed by atoms with E-state index in [-0.39, 0.29) is 5.56 Å². The Morgan fingerprint density at radius 3 is 2.70 bits per heavy atom. The van der Waals surface area contributed by atoms with Gasteiger partial charge in [-0.25, -0.2) is 5.10 Å². The summed E-state index contributed by atoms with van der Waals surface area (Å²) in [5, 5.41) is 13.2. The summed E-state index contributed by atoms with van der Waals surface area (Å²) in [4.78, 5) is 16.1. The van der Waals surface area contributed by atoms with Gasteiger partial charge in [0.25, 0.3) is 5.56 Å². The SMILES string of the molecule is Cn1c(-c2cc(-c3ccccn3)n[nH]c2=O)n[nH]c1=S. The van der Waals surface area contributed by atoms with E-state index in [1.54, 1.807) is 23.9 Å². The molecule has 0 unspecified atom stereocenters. The van der Waals surface area contributed by atoms with E-state index in [2.05, 4.69) is 25.4 Å². The third-order valence-corrected chi connectivity index (χ3v) is 3.22. The van der Waals surface area contributed by atoms with E-state index in [0.29, 0.717) is 27.5 Å². The van der Waals surface area contributed by atoms with E-state index in [0.717, 1.165) is 0 Å². The first-order chi connectivity index (χ1) is 9.66. The molecule has 0 spiro atoms. The molecular formula is C12H10N6OS. The van der Waals surface area contributed by atoms with Crippen molar-refractivity contribution in [3.63, 3.8) is 0 Å². The fraction of sp³-hybridized carbons (Fsp3) is 0.0833. The van der Waals surface area contributed by atoms with Crippen LogP contribution in [0.15, 0.2) is 35.3 Å². The highest BCUT2D eigenvalue weighted by Gasteiger charge is 2.13. The molecule has 0 aliphatic carbocycles. The maximum absolute atomic E-state index is 11.9. The number of aromatic amines is 2. The van der Waals surface area contributed by atoms with Crippen LogP contribution in [0, 0.1) is 4.77 Å². The van der Waals surface area contributed by atoms with E-state index in [1.165, 1.54) is 0 Å². The van der Waals surface area contributed by atoms with Crippen molar-refractivity contribution in [3.05, 3.63) is 45.6 Å². The van der Waals surface area contributed by atoms with Crippen molar-refractivity contribution in [3.8, 4) is 22.8 Å². The van der Waals surface area contributed by atoms with Crippen LogP contribution in [0.25, 0.3) is 22.8 Å². The lowest BCUT2D eigenvalue weighted by Crippen LogP contribution is -2.13. The van der Waals surface area contributed by atoms with E-state index in [4.69, 9.17) is 12.2 Å². The molecular weight excluding hydrogens is 276 g/mol. The van der Waals surface area contributed by atoms with Crippen LogP contribution in [-0.4, -0.2) is 29.9 Å². The van der Waals surface area contributed by atoms with Crippen molar-refractivity contribution in [2.24, 2.45) is 7.05 Å². The summed E-state index contributed by atoms with van der Waals surface area (Å²) < 4.78 is 2.07. The molecule has 2 N–H and O–H groups in total. The Hall–Kier alpha value is -2.61. The number of rotatable bonds is 2. The number of aromatic nitrogens is 6. The molecule has 3 rings (SSSR count). The van der Waals surface area contributed by atoms with Gasteiger partial charge in [0.2, 0.25) is 0 Å². The van der Waals surface area contributed by atoms with E-state index < -0.39 is 0 Å². The second kappa shape index (κ2) is 4.82. The standard InChI is InChI=1S/C12H10N6OS/c1-18-10(15-17-12(18)20)7-6-9(14-16-11(7)19)8-4-2-3-5-13-8/h2-6H,1H3,(H,16,19)(H,17,20). The zero-order valence-electron chi connectivity index (χ0n) is 10.5. The van der Waals surface area contributed by atoms with Crippen LogP contribution in [0.2, 0.25) is 0 Å². The lowest BCUT2D eigenvalue weighted by molar-refractivity contribution is 0.894. The lowest BCUT2D eigenvalue weighted by Gasteiger charge is -2.02. The van der Waals surface area contributed by atoms with Gasteiger partial charge < -0.3 is 4.57 Å². The fourth-order valence-electron chi connectivity index (χ4n) is 1.81. The molecule has 0 saturated heterocycles. The van der Waals surface area contributed by atoms with Crippen LogP contribution in [0.4, 0.5) is 0 Å². The summed E-state index contributed by atoms with van der Waals surface area (Å²) in [5.41, 5.74) is 1.29. The molecule has 20 heavy (non-hydrogen) atoms. The third-order valence-electron chi connectivity index (χ3n) is 2.85. The summed E-state index contributed by atoms with van der Waals surface area (Å²) in [5.74, 6) is 0.454. The first kappa shape index (κ1) is 12.4. The molecule has 0 aromatic carbocycles. The predicted octanol–water partition coefficient (Wildman–Crippen LogP) is 1.29. The lowest BCUT2D eigenvalue weighted by atomic mass is 10.2. The Morgan fingerprint density at radius 1 is 1.20 bits per heavy atom. The molecule has 0 bridgehead atoms. The smallest absolute Gasteiger partial charge is 0.275 e. The molecule has 0 atom stereocenters. The topological polar surface area (TPSA) is 92.2 Å². The van der Waals surface area contributed by atoms with Crippen molar-refractivity contribution in [1.82, 2.24) is 29.9 Å². The molecule has 100 valence electrons.